The molecule has 0 atom stereocenters. The lowest BCUT2D eigenvalue weighted by atomic mass is 10.3. The first-order valence-electron chi connectivity index (χ1n) is 7.06. The van der Waals surface area contributed by atoms with Crippen molar-refractivity contribution in [3.05, 3.63) is 70.8 Å². The second-order valence-electron chi connectivity index (χ2n) is 5.28. The number of para-hydroxylation sites is 1. The molecule has 0 fully saturated rings. The van der Waals surface area contributed by atoms with Crippen LogP contribution in [0.4, 0.5) is 5.69 Å². The number of nitrogens with zero attached hydrogens (tertiary/aromatic N) is 6. The topological polar surface area (TPSA) is 82.0 Å². The summed E-state index contributed by atoms with van der Waals surface area (Å²) in [5, 5.41) is 19.0. The largest absolute Gasteiger partial charge is 0.307 e. The van der Waals surface area contributed by atoms with Crippen LogP contribution in [0.15, 0.2) is 55.1 Å². The Bertz CT molecular complexity index is 795. The van der Waals surface area contributed by atoms with E-state index >= 15 is 0 Å². The SMILES string of the molecule is CN(Cc1cnn(-c2ccccc2)c1)Cn1cc([N+](=O)[O-])cn1. The summed E-state index contributed by atoms with van der Waals surface area (Å²) in [6.07, 6.45) is 6.46. The fourth-order valence-corrected chi connectivity index (χ4v) is 2.30. The van der Waals surface area contributed by atoms with E-state index in [1.807, 2.05) is 59.4 Å². The lowest BCUT2D eigenvalue weighted by Gasteiger charge is -2.15. The quantitative estimate of drug-likeness (QED) is 0.514. The molecule has 1 aromatic carbocycles. The van der Waals surface area contributed by atoms with Gasteiger partial charge in [0, 0.05) is 18.3 Å². The van der Waals surface area contributed by atoms with Gasteiger partial charge in [0.05, 0.1) is 23.5 Å². The molecular weight excluding hydrogens is 296 g/mol. The first kappa shape index (κ1) is 14.9. The third-order valence-corrected chi connectivity index (χ3v) is 3.33. The van der Waals surface area contributed by atoms with E-state index in [-0.39, 0.29) is 5.69 Å². The molecule has 2 heterocycles. The molecule has 0 aliphatic carbocycles. The van der Waals surface area contributed by atoms with Gasteiger partial charge in [0.25, 0.3) is 0 Å². The van der Waals surface area contributed by atoms with Crippen molar-refractivity contribution in [3.63, 3.8) is 0 Å². The van der Waals surface area contributed by atoms with Crippen molar-refractivity contribution >= 4 is 5.69 Å². The van der Waals surface area contributed by atoms with Crippen LogP contribution >= 0.6 is 0 Å². The molecule has 0 spiro atoms. The van der Waals surface area contributed by atoms with E-state index in [4.69, 9.17) is 0 Å². The maximum atomic E-state index is 10.7. The van der Waals surface area contributed by atoms with E-state index in [2.05, 4.69) is 10.2 Å². The number of hydrogen-bond acceptors (Lipinski definition) is 5. The lowest BCUT2D eigenvalue weighted by molar-refractivity contribution is -0.385. The number of hydrogen-bond donors (Lipinski definition) is 0. The Hall–Kier alpha value is -3.00. The van der Waals surface area contributed by atoms with Gasteiger partial charge in [-0.1, -0.05) is 18.2 Å². The molecule has 0 amide bonds. The predicted octanol–water partition coefficient (Wildman–Crippen LogP) is 2.07. The minimum absolute atomic E-state index is 0.00435. The molecule has 3 rings (SSSR count). The molecule has 0 bridgehead atoms. The number of benzene rings is 1. The third-order valence-electron chi connectivity index (χ3n) is 3.33. The summed E-state index contributed by atoms with van der Waals surface area (Å²) >= 11 is 0. The van der Waals surface area contributed by atoms with Gasteiger partial charge >= 0.3 is 5.69 Å². The van der Waals surface area contributed by atoms with E-state index in [0.717, 1.165) is 11.3 Å². The van der Waals surface area contributed by atoms with Crippen molar-refractivity contribution in [2.75, 3.05) is 7.05 Å². The lowest BCUT2D eigenvalue weighted by Crippen LogP contribution is -2.21. The van der Waals surface area contributed by atoms with Gasteiger partial charge in [0.15, 0.2) is 0 Å². The van der Waals surface area contributed by atoms with E-state index in [9.17, 15) is 10.1 Å². The molecule has 0 unspecified atom stereocenters. The van der Waals surface area contributed by atoms with Crippen LogP contribution in [0, 0.1) is 10.1 Å². The summed E-state index contributed by atoms with van der Waals surface area (Å²) in [4.78, 5) is 12.2. The fraction of sp³-hybridized carbons (Fsp3) is 0.200. The summed E-state index contributed by atoms with van der Waals surface area (Å²) in [6.45, 7) is 1.13. The standard InChI is InChI=1S/C15H16N6O2/c1-18(12-19-11-15(8-16-19)21(22)23)9-13-7-17-20(10-13)14-5-3-2-4-6-14/h2-8,10-11H,9,12H2,1H3. The minimum Gasteiger partial charge on any atom is -0.283 e. The van der Waals surface area contributed by atoms with Gasteiger partial charge in [0.1, 0.15) is 12.4 Å². The molecule has 0 N–H and O–H groups in total. The first-order valence-corrected chi connectivity index (χ1v) is 7.06. The summed E-state index contributed by atoms with van der Waals surface area (Å²) in [5.74, 6) is 0. The molecule has 0 radical (unpaired) electrons. The summed E-state index contributed by atoms with van der Waals surface area (Å²) < 4.78 is 3.36. The van der Waals surface area contributed by atoms with Crippen LogP contribution in [0.5, 0.6) is 0 Å². The smallest absolute Gasteiger partial charge is 0.283 e. The molecule has 0 saturated carbocycles. The highest BCUT2D eigenvalue weighted by Gasteiger charge is 2.10. The Morgan fingerprint density at radius 1 is 1.17 bits per heavy atom. The van der Waals surface area contributed by atoms with E-state index < -0.39 is 4.92 Å². The number of rotatable bonds is 6. The average molecular weight is 312 g/mol. The molecule has 0 saturated heterocycles. The van der Waals surface area contributed by atoms with Gasteiger partial charge in [-0.15, -0.1) is 0 Å². The molecule has 0 aliphatic heterocycles. The molecule has 23 heavy (non-hydrogen) atoms. The summed E-state index contributed by atoms with van der Waals surface area (Å²) in [5.41, 5.74) is 2.05. The zero-order chi connectivity index (χ0) is 16.2. The highest BCUT2D eigenvalue weighted by Crippen LogP contribution is 2.11. The Balaban J connectivity index is 1.62. The van der Waals surface area contributed by atoms with Gasteiger partial charge in [-0.2, -0.15) is 10.2 Å². The van der Waals surface area contributed by atoms with Crippen LogP contribution in [0.25, 0.3) is 5.69 Å². The van der Waals surface area contributed by atoms with Crippen LogP contribution in [-0.4, -0.2) is 36.4 Å². The molecule has 3 aromatic rings. The van der Waals surface area contributed by atoms with E-state index in [1.54, 1.807) is 4.68 Å². The maximum absolute atomic E-state index is 10.7. The van der Waals surface area contributed by atoms with Crippen molar-refractivity contribution in [2.45, 2.75) is 13.2 Å². The van der Waals surface area contributed by atoms with Crippen LogP contribution in [0.1, 0.15) is 5.56 Å². The minimum atomic E-state index is -0.451. The second-order valence-corrected chi connectivity index (χ2v) is 5.28. The summed E-state index contributed by atoms with van der Waals surface area (Å²) in [6, 6.07) is 9.87. The zero-order valence-electron chi connectivity index (χ0n) is 12.6. The van der Waals surface area contributed by atoms with Crippen molar-refractivity contribution in [1.29, 1.82) is 0 Å². The highest BCUT2D eigenvalue weighted by molar-refractivity contribution is 5.30. The average Bonchev–Trinajstić information content (AvgIpc) is 3.18. The molecule has 118 valence electrons. The monoisotopic (exact) mass is 312 g/mol. The van der Waals surface area contributed by atoms with Gasteiger partial charge < -0.3 is 0 Å². The van der Waals surface area contributed by atoms with Crippen LogP contribution in [-0.2, 0) is 13.2 Å². The van der Waals surface area contributed by atoms with Crippen molar-refractivity contribution < 1.29 is 4.92 Å². The molecule has 8 heteroatoms. The Morgan fingerprint density at radius 2 is 1.96 bits per heavy atom. The van der Waals surface area contributed by atoms with Gasteiger partial charge in [0.2, 0.25) is 0 Å². The zero-order valence-corrected chi connectivity index (χ0v) is 12.6. The fourth-order valence-electron chi connectivity index (χ4n) is 2.30. The summed E-state index contributed by atoms with van der Waals surface area (Å²) in [7, 11) is 1.92. The van der Waals surface area contributed by atoms with Crippen molar-refractivity contribution in [3.8, 4) is 5.69 Å². The first-order chi connectivity index (χ1) is 11.1. The molecular formula is C15H16N6O2. The normalized spacial score (nSPS) is 11.0. The highest BCUT2D eigenvalue weighted by atomic mass is 16.6. The Labute approximate surface area is 132 Å². The third kappa shape index (κ3) is 3.61. The van der Waals surface area contributed by atoms with E-state index in [1.165, 1.54) is 12.4 Å². The van der Waals surface area contributed by atoms with Gasteiger partial charge in [-0.05, 0) is 19.2 Å². The number of nitro groups is 1. The number of aromatic nitrogens is 4. The van der Waals surface area contributed by atoms with Crippen LogP contribution < -0.4 is 0 Å². The Morgan fingerprint density at radius 3 is 2.65 bits per heavy atom. The van der Waals surface area contributed by atoms with Gasteiger partial charge in [-0.25, -0.2) is 4.68 Å². The van der Waals surface area contributed by atoms with Crippen molar-refractivity contribution in [1.82, 2.24) is 24.5 Å². The maximum Gasteiger partial charge on any atom is 0.307 e. The van der Waals surface area contributed by atoms with Crippen LogP contribution in [0.2, 0.25) is 0 Å². The molecule has 0 aliphatic rings. The molecule has 8 nitrogen and oxygen atoms in total. The van der Waals surface area contributed by atoms with Crippen molar-refractivity contribution in [2.24, 2.45) is 0 Å². The second kappa shape index (κ2) is 6.41. The van der Waals surface area contributed by atoms with Gasteiger partial charge in [-0.3, -0.25) is 19.7 Å². The molecule has 2 aromatic heterocycles. The van der Waals surface area contributed by atoms with E-state index in [0.29, 0.717) is 13.2 Å². The predicted molar refractivity (Wildman–Crippen MR) is 83.9 cm³/mol. The Kier molecular flexibility index (Phi) is 4.15. The van der Waals surface area contributed by atoms with Crippen LogP contribution in [0.3, 0.4) is 0 Å².